The Morgan fingerprint density at radius 1 is 0.824 bits per heavy atom. The molecule has 2 atom stereocenters. The van der Waals surface area contributed by atoms with Gasteiger partial charge in [0.2, 0.25) is 0 Å². The highest BCUT2D eigenvalue weighted by Crippen LogP contribution is 2.45. The molecular weight excluding hydrogens is 435 g/mol. The van der Waals surface area contributed by atoms with Crippen LogP contribution in [0.4, 0.5) is 13.2 Å². The average Bonchev–Trinajstić information content (AvgIpc) is 2.76. The smallest absolute Gasteiger partial charge is 0.126 e. The summed E-state index contributed by atoms with van der Waals surface area (Å²) in [5.74, 6) is -2.27. The molecule has 1 saturated heterocycles. The van der Waals surface area contributed by atoms with Crippen LogP contribution in [0.5, 0.6) is 0 Å². The molecule has 0 aliphatic carbocycles. The normalized spacial score (nSPS) is 16.2. The molecule has 0 bridgehead atoms. The SMILES string of the molecule is CC(C)(F)[C@H](c1cc(F)cc(F)c1)C1CN([C@H](c2ccc(C#N)cc2)c2cccc(C#N)c2)C1. The molecule has 3 nitrogen and oxygen atoms in total. The van der Waals surface area contributed by atoms with E-state index in [0.29, 0.717) is 29.8 Å². The third-order valence-corrected chi connectivity index (χ3v) is 6.45. The molecule has 0 saturated carbocycles. The molecule has 3 aromatic carbocycles. The van der Waals surface area contributed by atoms with Gasteiger partial charge in [0.25, 0.3) is 0 Å². The maximum Gasteiger partial charge on any atom is 0.126 e. The third-order valence-electron chi connectivity index (χ3n) is 6.45. The average molecular weight is 460 g/mol. The molecule has 1 fully saturated rings. The molecule has 0 spiro atoms. The number of nitriles is 2. The van der Waals surface area contributed by atoms with Gasteiger partial charge < -0.3 is 0 Å². The van der Waals surface area contributed by atoms with Crippen LogP contribution in [-0.4, -0.2) is 23.7 Å². The summed E-state index contributed by atoms with van der Waals surface area (Å²) < 4.78 is 43.1. The number of benzene rings is 3. The van der Waals surface area contributed by atoms with Gasteiger partial charge in [0.15, 0.2) is 0 Å². The van der Waals surface area contributed by atoms with Crippen LogP contribution in [0.25, 0.3) is 0 Å². The van der Waals surface area contributed by atoms with E-state index in [1.165, 1.54) is 26.0 Å². The lowest BCUT2D eigenvalue weighted by Gasteiger charge is -2.50. The Morgan fingerprint density at radius 3 is 2.00 bits per heavy atom. The van der Waals surface area contributed by atoms with Crippen molar-refractivity contribution in [1.29, 1.82) is 10.5 Å². The summed E-state index contributed by atoms with van der Waals surface area (Å²) in [6.45, 7) is 3.91. The lowest BCUT2D eigenvalue weighted by Crippen LogP contribution is -2.53. The molecule has 6 heteroatoms. The van der Waals surface area contributed by atoms with Gasteiger partial charge in [-0.05, 0) is 72.9 Å². The molecule has 0 aromatic heterocycles. The standard InChI is InChI=1S/C28H24F3N3/c1-28(2,31)26(22-11-24(29)13-25(30)12-22)23-16-34(17-23)27(20-8-6-18(14-32)7-9-20)21-5-3-4-19(10-21)15-33/h3-13,23,26-27H,16-17H2,1-2H3/t26-,27-/m1/s1. The van der Waals surface area contributed by atoms with Gasteiger partial charge in [0.1, 0.15) is 17.3 Å². The minimum Gasteiger partial charge on any atom is -0.292 e. The van der Waals surface area contributed by atoms with Crippen LogP contribution in [0.1, 0.15) is 53.6 Å². The Morgan fingerprint density at radius 2 is 1.44 bits per heavy atom. The molecule has 0 unspecified atom stereocenters. The van der Waals surface area contributed by atoms with Crippen molar-refractivity contribution < 1.29 is 13.2 Å². The van der Waals surface area contributed by atoms with E-state index >= 15 is 4.39 Å². The summed E-state index contributed by atoms with van der Waals surface area (Å²) in [6.07, 6.45) is 0. The molecular formula is C28H24F3N3. The maximum absolute atomic E-state index is 15.3. The number of halogens is 3. The van der Waals surface area contributed by atoms with Crippen molar-refractivity contribution >= 4 is 0 Å². The zero-order chi connectivity index (χ0) is 24.5. The minimum absolute atomic E-state index is 0.152. The summed E-state index contributed by atoms with van der Waals surface area (Å²) in [5, 5.41) is 18.5. The van der Waals surface area contributed by atoms with Crippen LogP contribution < -0.4 is 0 Å². The van der Waals surface area contributed by atoms with E-state index in [2.05, 4.69) is 17.0 Å². The summed E-state index contributed by atoms with van der Waals surface area (Å²) in [5.41, 5.74) is 1.57. The van der Waals surface area contributed by atoms with E-state index < -0.39 is 23.2 Å². The monoisotopic (exact) mass is 459 g/mol. The van der Waals surface area contributed by atoms with Gasteiger partial charge >= 0.3 is 0 Å². The van der Waals surface area contributed by atoms with Crippen molar-refractivity contribution in [1.82, 2.24) is 4.90 Å². The molecule has 172 valence electrons. The largest absolute Gasteiger partial charge is 0.292 e. The van der Waals surface area contributed by atoms with E-state index in [1.54, 1.807) is 18.2 Å². The Balaban J connectivity index is 1.66. The molecule has 3 aromatic rings. The highest BCUT2D eigenvalue weighted by molar-refractivity contribution is 5.41. The fraction of sp³-hybridized carbons (Fsp3) is 0.286. The van der Waals surface area contributed by atoms with Gasteiger partial charge in [0, 0.05) is 25.1 Å². The predicted octanol–water partition coefficient (Wildman–Crippen LogP) is 6.26. The summed E-state index contributed by atoms with van der Waals surface area (Å²) in [6, 6.07) is 21.9. The fourth-order valence-corrected chi connectivity index (χ4v) is 5.09. The first-order chi connectivity index (χ1) is 16.2. The number of hydrogen-bond acceptors (Lipinski definition) is 3. The van der Waals surface area contributed by atoms with Crippen LogP contribution in [0.15, 0.2) is 66.7 Å². The van der Waals surface area contributed by atoms with E-state index in [4.69, 9.17) is 5.26 Å². The number of rotatable bonds is 6. The molecule has 0 N–H and O–H groups in total. The van der Waals surface area contributed by atoms with Crippen molar-refractivity contribution in [2.45, 2.75) is 31.5 Å². The Labute approximate surface area is 197 Å². The molecule has 0 radical (unpaired) electrons. The molecule has 0 amide bonds. The van der Waals surface area contributed by atoms with Crippen LogP contribution in [0, 0.1) is 40.2 Å². The highest BCUT2D eigenvalue weighted by Gasteiger charge is 2.45. The minimum atomic E-state index is -1.68. The van der Waals surface area contributed by atoms with E-state index in [9.17, 15) is 14.0 Å². The van der Waals surface area contributed by atoms with E-state index in [0.717, 1.165) is 17.2 Å². The molecule has 4 rings (SSSR count). The molecule has 34 heavy (non-hydrogen) atoms. The second-order valence-corrected chi connectivity index (χ2v) is 9.33. The zero-order valence-corrected chi connectivity index (χ0v) is 19.0. The predicted molar refractivity (Wildman–Crippen MR) is 124 cm³/mol. The highest BCUT2D eigenvalue weighted by atomic mass is 19.1. The lowest BCUT2D eigenvalue weighted by atomic mass is 9.72. The fourth-order valence-electron chi connectivity index (χ4n) is 5.09. The maximum atomic E-state index is 15.3. The number of hydrogen-bond donors (Lipinski definition) is 0. The van der Waals surface area contributed by atoms with Gasteiger partial charge in [-0.3, -0.25) is 4.90 Å². The molecule has 1 heterocycles. The summed E-state index contributed by atoms with van der Waals surface area (Å²) in [4.78, 5) is 2.16. The van der Waals surface area contributed by atoms with Crippen LogP contribution in [0.3, 0.4) is 0 Å². The van der Waals surface area contributed by atoms with Gasteiger partial charge in [-0.25, -0.2) is 13.2 Å². The van der Waals surface area contributed by atoms with E-state index in [-0.39, 0.29) is 12.0 Å². The quantitative estimate of drug-likeness (QED) is 0.437. The van der Waals surface area contributed by atoms with Crippen molar-refractivity contribution in [2.75, 3.05) is 13.1 Å². The van der Waals surface area contributed by atoms with Crippen molar-refractivity contribution in [3.05, 3.63) is 106 Å². The van der Waals surface area contributed by atoms with Gasteiger partial charge in [-0.1, -0.05) is 24.3 Å². The van der Waals surface area contributed by atoms with Gasteiger partial charge in [-0.2, -0.15) is 10.5 Å². The molecule has 1 aliphatic rings. The van der Waals surface area contributed by atoms with Crippen LogP contribution in [0.2, 0.25) is 0 Å². The van der Waals surface area contributed by atoms with Gasteiger partial charge in [0.05, 0.1) is 29.3 Å². The van der Waals surface area contributed by atoms with Crippen molar-refractivity contribution in [3.63, 3.8) is 0 Å². The zero-order valence-electron chi connectivity index (χ0n) is 19.0. The topological polar surface area (TPSA) is 50.8 Å². The number of nitrogens with zero attached hydrogens (tertiary/aromatic N) is 3. The van der Waals surface area contributed by atoms with Crippen LogP contribution >= 0.6 is 0 Å². The first-order valence-corrected chi connectivity index (χ1v) is 11.1. The third kappa shape index (κ3) is 4.83. The number of alkyl halides is 1. The van der Waals surface area contributed by atoms with Gasteiger partial charge in [-0.15, -0.1) is 0 Å². The summed E-state index contributed by atoms with van der Waals surface area (Å²) >= 11 is 0. The second kappa shape index (κ2) is 9.33. The van der Waals surface area contributed by atoms with Crippen molar-refractivity contribution in [3.8, 4) is 12.1 Å². The second-order valence-electron chi connectivity index (χ2n) is 9.33. The van der Waals surface area contributed by atoms with Crippen molar-refractivity contribution in [2.24, 2.45) is 5.92 Å². The first kappa shape index (κ1) is 23.5. The first-order valence-electron chi connectivity index (χ1n) is 11.1. The Kier molecular flexibility index (Phi) is 6.46. The van der Waals surface area contributed by atoms with E-state index in [1.807, 2.05) is 30.3 Å². The molecule has 1 aliphatic heterocycles. The summed E-state index contributed by atoms with van der Waals surface area (Å²) in [7, 11) is 0. The Hall–Kier alpha value is -3.61. The van der Waals surface area contributed by atoms with Crippen LogP contribution in [-0.2, 0) is 0 Å². The lowest BCUT2D eigenvalue weighted by molar-refractivity contribution is 0.00804. The number of likely N-dealkylation sites (tertiary alicyclic amines) is 1. The Bertz CT molecular complexity index is 1240.